The van der Waals surface area contributed by atoms with Gasteiger partial charge < -0.3 is 9.15 Å². The highest BCUT2D eigenvalue weighted by Gasteiger charge is 2.10. The van der Waals surface area contributed by atoms with Gasteiger partial charge in [-0.05, 0) is 24.6 Å². The fourth-order valence-corrected chi connectivity index (χ4v) is 2.24. The van der Waals surface area contributed by atoms with Crippen LogP contribution >= 0.6 is 23.4 Å². The van der Waals surface area contributed by atoms with Crippen molar-refractivity contribution >= 4 is 40.4 Å². The average molecular weight is 300 g/mol. The number of carbonyl (C=O) groups excluding carboxylic acids is 1. The van der Waals surface area contributed by atoms with Gasteiger partial charge in [0.1, 0.15) is 11.3 Å². The van der Waals surface area contributed by atoms with Crippen molar-refractivity contribution in [3.63, 3.8) is 0 Å². The van der Waals surface area contributed by atoms with Crippen LogP contribution in [0, 0.1) is 0 Å². The lowest BCUT2D eigenvalue weighted by Gasteiger charge is -2.01. The summed E-state index contributed by atoms with van der Waals surface area (Å²) in [5, 5.41) is 1.06. The molecule has 0 saturated carbocycles. The molecule has 0 bridgehead atoms. The van der Waals surface area contributed by atoms with Crippen molar-refractivity contribution in [2.45, 2.75) is 25.0 Å². The lowest BCUT2D eigenvalue weighted by atomic mass is 10.3. The molecular formula is C13H14ClNO3S. The Bertz CT molecular complexity index is 570. The summed E-state index contributed by atoms with van der Waals surface area (Å²) in [7, 11) is 0. The molecular weight excluding hydrogens is 286 g/mol. The summed E-state index contributed by atoms with van der Waals surface area (Å²) < 4.78 is 10.5. The standard InChI is InChI=1S/C13H14ClNO3S/c1-2-3-6-17-12(16)8-19-13-15-10-7-9(14)4-5-11(10)18-13/h4-5,7H,2-3,6,8H2,1H3. The number of thioether (sulfide) groups is 1. The van der Waals surface area contributed by atoms with Crippen molar-refractivity contribution in [3.8, 4) is 0 Å². The van der Waals surface area contributed by atoms with E-state index in [-0.39, 0.29) is 11.7 Å². The number of unbranched alkanes of at least 4 members (excludes halogenated alkanes) is 1. The SMILES string of the molecule is CCCCOC(=O)CSc1nc2cc(Cl)ccc2o1. The zero-order valence-electron chi connectivity index (χ0n) is 10.5. The molecule has 0 aliphatic carbocycles. The summed E-state index contributed by atoms with van der Waals surface area (Å²) in [6.45, 7) is 2.52. The predicted octanol–water partition coefficient (Wildman–Crippen LogP) is 3.92. The van der Waals surface area contributed by atoms with Gasteiger partial charge in [-0.15, -0.1) is 0 Å². The third kappa shape index (κ3) is 4.14. The number of benzene rings is 1. The van der Waals surface area contributed by atoms with Gasteiger partial charge in [0.25, 0.3) is 5.22 Å². The van der Waals surface area contributed by atoms with Gasteiger partial charge in [0.05, 0.1) is 6.61 Å². The number of halogens is 1. The van der Waals surface area contributed by atoms with Crippen LogP contribution in [0.1, 0.15) is 19.8 Å². The predicted molar refractivity (Wildman–Crippen MR) is 75.6 cm³/mol. The number of carbonyl (C=O) groups is 1. The molecule has 0 N–H and O–H groups in total. The molecule has 6 heteroatoms. The van der Waals surface area contributed by atoms with Gasteiger partial charge in [0, 0.05) is 5.02 Å². The van der Waals surface area contributed by atoms with Crippen molar-refractivity contribution in [3.05, 3.63) is 23.2 Å². The Kier molecular flexibility index (Phi) is 5.10. The highest BCUT2D eigenvalue weighted by atomic mass is 35.5. The quantitative estimate of drug-likeness (QED) is 0.460. The van der Waals surface area contributed by atoms with E-state index >= 15 is 0 Å². The molecule has 0 spiro atoms. The lowest BCUT2D eigenvalue weighted by molar-refractivity contribution is -0.140. The molecule has 0 fully saturated rings. The Balaban J connectivity index is 1.89. The van der Waals surface area contributed by atoms with Gasteiger partial charge in [0.2, 0.25) is 0 Å². The number of oxazole rings is 1. The van der Waals surface area contributed by atoms with Crippen LogP contribution < -0.4 is 0 Å². The number of esters is 1. The van der Waals surface area contributed by atoms with E-state index in [0.717, 1.165) is 12.8 Å². The Morgan fingerprint density at radius 2 is 2.37 bits per heavy atom. The monoisotopic (exact) mass is 299 g/mol. The van der Waals surface area contributed by atoms with Crippen LogP contribution in [-0.2, 0) is 9.53 Å². The van der Waals surface area contributed by atoms with Crippen molar-refractivity contribution < 1.29 is 13.9 Å². The molecule has 102 valence electrons. The van der Waals surface area contributed by atoms with Crippen molar-refractivity contribution in [2.75, 3.05) is 12.4 Å². The van der Waals surface area contributed by atoms with E-state index in [1.54, 1.807) is 18.2 Å². The minimum absolute atomic E-state index is 0.199. The van der Waals surface area contributed by atoms with Crippen LogP contribution in [0.5, 0.6) is 0 Å². The van der Waals surface area contributed by atoms with Crippen LogP contribution in [0.2, 0.25) is 5.02 Å². The maximum Gasteiger partial charge on any atom is 0.316 e. The van der Waals surface area contributed by atoms with Gasteiger partial charge in [-0.3, -0.25) is 4.79 Å². The molecule has 0 saturated heterocycles. The van der Waals surface area contributed by atoms with E-state index in [1.165, 1.54) is 11.8 Å². The highest BCUT2D eigenvalue weighted by Crippen LogP contribution is 2.25. The van der Waals surface area contributed by atoms with E-state index in [4.69, 9.17) is 20.8 Å². The van der Waals surface area contributed by atoms with Gasteiger partial charge in [0.15, 0.2) is 5.58 Å². The van der Waals surface area contributed by atoms with Crippen LogP contribution in [0.4, 0.5) is 0 Å². The van der Waals surface area contributed by atoms with E-state index in [0.29, 0.717) is 28.0 Å². The first kappa shape index (κ1) is 14.2. The van der Waals surface area contributed by atoms with Crippen molar-refractivity contribution in [2.24, 2.45) is 0 Å². The molecule has 0 amide bonds. The Morgan fingerprint density at radius 1 is 1.53 bits per heavy atom. The lowest BCUT2D eigenvalue weighted by Crippen LogP contribution is -2.08. The minimum Gasteiger partial charge on any atom is -0.465 e. The fourth-order valence-electron chi connectivity index (χ4n) is 1.43. The van der Waals surface area contributed by atoms with Crippen molar-refractivity contribution in [1.82, 2.24) is 4.98 Å². The maximum atomic E-state index is 11.4. The van der Waals surface area contributed by atoms with Crippen LogP contribution in [0.25, 0.3) is 11.1 Å². The first-order chi connectivity index (χ1) is 9.19. The normalized spacial score (nSPS) is 10.8. The number of rotatable bonds is 6. The molecule has 19 heavy (non-hydrogen) atoms. The number of hydrogen-bond donors (Lipinski definition) is 0. The molecule has 1 aromatic carbocycles. The van der Waals surface area contributed by atoms with Gasteiger partial charge in [-0.25, -0.2) is 4.98 Å². The van der Waals surface area contributed by atoms with Crippen molar-refractivity contribution in [1.29, 1.82) is 0 Å². The molecule has 1 aromatic heterocycles. The number of ether oxygens (including phenoxy) is 1. The van der Waals surface area contributed by atoms with E-state index in [1.807, 2.05) is 6.92 Å². The first-order valence-electron chi connectivity index (χ1n) is 6.03. The summed E-state index contributed by atoms with van der Waals surface area (Å²) in [6.07, 6.45) is 1.89. The zero-order valence-corrected chi connectivity index (χ0v) is 12.1. The Hall–Kier alpha value is -1.20. The number of hydrogen-bond acceptors (Lipinski definition) is 5. The molecule has 1 heterocycles. The summed E-state index contributed by atoms with van der Waals surface area (Å²) in [6, 6.07) is 5.22. The van der Waals surface area contributed by atoms with E-state index in [2.05, 4.69) is 4.98 Å². The molecule has 2 rings (SSSR count). The Labute approximate surface area is 120 Å². The van der Waals surface area contributed by atoms with Gasteiger partial charge >= 0.3 is 5.97 Å². The maximum absolute atomic E-state index is 11.4. The molecule has 0 aliphatic rings. The smallest absolute Gasteiger partial charge is 0.316 e. The third-order valence-electron chi connectivity index (χ3n) is 2.40. The molecule has 2 aromatic rings. The largest absolute Gasteiger partial charge is 0.465 e. The summed E-state index contributed by atoms with van der Waals surface area (Å²) in [4.78, 5) is 15.7. The average Bonchev–Trinajstić information content (AvgIpc) is 2.78. The zero-order chi connectivity index (χ0) is 13.7. The van der Waals surface area contributed by atoms with Crippen LogP contribution in [-0.4, -0.2) is 23.3 Å². The summed E-state index contributed by atoms with van der Waals surface area (Å²) in [5.74, 6) is -0.0525. The summed E-state index contributed by atoms with van der Waals surface area (Å²) in [5.41, 5.74) is 1.35. The van der Waals surface area contributed by atoms with Crippen LogP contribution in [0.15, 0.2) is 27.8 Å². The fraction of sp³-hybridized carbons (Fsp3) is 0.385. The number of fused-ring (bicyclic) bond motifs is 1. The molecule has 0 radical (unpaired) electrons. The topological polar surface area (TPSA) is 52.3 Å². The van der Waals surface area contributed by atoms with E-state index in [9.17, 15) is 4.79 Å². The summed E-state index contributed by atoms with van der Waals surface area (Å²) >= 11 is 7.09. The molecule has 4 nitrogen and oxygen atoms in total. The van der Waals surface area contributed by atoms with Crippen LogP contribution in [0.3, 0.4) is 0 Å². The third-order valence-corrected chi connectivity index (χ3v) is 3.44. The second-order valence-electron chi connectivity index (χ2n) is 3.95. The van der Waals surface area contributed by atoms with Gasteiger partial charge in [-0.2, -0.15) is 0 Å². The molecule has 0 atom stereocenters. The molecule has 0 aliphatic heterocycles. The molecule has 0 unspecified atom stereocenters. The number of aromatic nitrogens is 1. The van der Waals surface area contributed by atoms with E-state index < -0.39 is 0 Å². The second-order valence-corrected chi connectivity index (χ2v) is 5.32. The highest BCUT2D eigenvalue weighted by molar-refractivity contribution is 7.99. The van der Waals surface area contributed by atoms with Gasteiger partial charge in [-0.1, -0.05) is 36.7 Å². The minimum atomic E-state index is -0.251. The first-order valence-corrected chi connectivity index (χ1v) is 7.40. The number of nitrogens with zero attached hydrogens (tertiary/aromatic N) is 1. The Morgan fingerprint density at radius 3 is 3.16 bits per heavy atom. The second kappa shape index (κ2) is 6.82.